The number of carbonyl (C=O) groups is 1. The molecule has 6 nitrogen and oxygen atoms in total. The van der Waals surface area contributed by atoms with E-state index in [0.717, 1.165) is 60.8 Å². The fourth-order valence-corrected chi connectivity index (χ4v) is 5.72. The van der Waals surface area contributed by atoms with E-state index in [1.807, 2.05) is 25.1 Å². The Bertz CT molecular complexity index is 1130. The lowest BCUT2D eigenvalue weighted by molar-refractivity contribution is -0.222. The molecule has 2 heterocycles. The quantitative estimate of drug-likeness (QED) is 0.230. The summed E-state index contributed by atoms with van der Waals surface area (Å²) in [5, 5.41) is 19.7. The fourth-order valence-electron chi connectivity index (χ4n) is 5.72. The zero-order chi connectivity index (χ0) is 29.6. The summed E-state index contributed by atoms with van der Waals surface area (Å²) >= 11 is 0. The van der Waals surface area contributed by atoms with Gasteiger partial charge in [0.1, 0.15) is 6.10 Å². The van der Waals surface area contributed by atoms with Crippen LogP contribution in [0.4, 0.5) is 0 Å². The molecule has 0 radical (unpaired) electrons. The van der Waals surface area contributed by atoms with Crippen LogP contribution in [0.1, 0.15) is 96.0 Å². The lowest BCUT2D eigenvalue weighted by Crippen LogP contribution is -2.31. The van der Waals surface area contributed by atoms with E-state index in [1.165, 1.54) is 6.08 Å². The molecule has 0 saturated carbocycles. The minimum Gasteiger partial charge on any atom is -0.459 e. The monoisotopic (exact) mass is 561 g/mol. The summed E-state index contributed by atoms with van der Waals surface area (Å²) in [6, 6.07) is 10.3. The molecule has 1 N–H and O–H groups in total. The van der Waals surface area contributed by atoms with E-state index in [1.54, 1.807) is 6.08 Å². The van der Waals surface area contributed by atoms with Crippen molar-refractivity contribution in [1.29, 1.82) is 5.26 Å². The second-order valence-electron chi connectivity index (χ2n) is 11.7. The average molecular weight is 562 g/mol. The Morgan fingerprint density at radius 3 is 2.85 bits per heavy atom. The number of aliphatic hydroxyl groups excluding tert-OH is 1. The number of rotatable bonds is 3. The molecule has 2 aliphatic heterocycles. The molecule has 6 atom stereocenters. The van der Waals surface area contributed by atoms with Crippen molar-refractivity contribution < 1.29 is 24.1 Å². The van der Waals surface area contributed by atoms with E-state index in [0.29, 0.717) is 25.9 Å². The third-order valence-corrected chi connectivity index (χ3v) is 7.85. The van der Waals surface area contributed by atoms with Gasteiger partial charge in [0.05, 0.1) is 24.9 Å². The second kappa shape index (κ2) is 17.1. The van der Waals surface area contributed by atoms with Gasteiger partial charge in [0, 0.05) is 24.1 Å². The first kappa shape index (κ1) is 32.5. The zero-order valence-electron chi connectivity index (χ0n) is 25.0. The molecule has 4 bridgehead atoms. The molecule has 4 unspecified atom stereocenters. The summed E-state index contributed by atoms with van der Waals surface area (Å²) in [6.45, 7) is 10.9. The predicted molar refractivity (Wildman–Crippen MR) is 162 cm³/mol. The number of benzene rings is 1. The van der Waals surface area contributed by atoms with Crippen LogP contribution in [0.15, 0.2) is 66.3 Å². The van der Waals surface area contributed by atoms with Gasteiger partial charge in [-0.25, -0.2) is 4.79 Å². The number of ether oxygens (including phenoxy) is 3. The molecule has 0 spiro atoms. The largest absolute Gasteiger partial charge is 0.459 e. The van der Waals surface area contributed by atoms with Gasteiger partial charge in [-0.05, 0) is 81.8 Å². The van der Waals surface area contributed by atoms with E-state index in [-0.39, 0.29) is 30.0 Å². The van der Waals surface area contributed by atoms with Crippen molar-refractivity contribution in [2.75, 3.05) is 6.61 Å². The molecular formula is C35H47NO5. The number of allylic oxidation sites excluding steroid dienone is 4. The van der Waals surface area contributed by atoms with Crippen LogP contribution >= 0.6 is 0 Å². The molecule has 0 aromatic heterocycles. The van der Waals surface area contributed by atoms with Gasteiger partial charge in [-0.3, -0.25) is 0 Å². The van der Waals surface area contributed by atoms with Crippen molar-refractivity contribution in [3.05, 3.63) is 77.4 Å². The summed E-state index contributed by atoms with van der Waals surface area (Å²) in [7, 11) is 0. The van der Waals surface area contributed by atoms with Gasteiger partial charge < -0.3 is 19.3 Å². The molecule has 1 aromatic rings. The Balaban J connectivity index is 1.77. The van der Waals surface area contributed by atoms with Crippen molar-refractivity contribution in [3.8, 4) is 6.07 Å². The van der Waals surface area contributed by atoms with Crippen molar-refractivity contribution >= 4 is 12.0 Å². The Hall–Kier alpha value is -2.98. The van der Waals surface area contributed by atoms with E-state index >= 15 is 0 Å². The van der Waals surface area contributed by atoms with Gasteiger partial charge in [-0.2, -0.15) is 5.26 Å². The number of cyclic esters (lactones) is 1. The van der Waals surface area contributed by atoms with Crippen molar-refractivity contribution in [1.82, 2.24) is 0 Å². The standard InChI is InChI=1S/C35H47NO5/c1-25-11-6-5-7-16-33(38)41-34(28(4)21-26(2)17-19-36)27(3)12-8-9-13-29-14-10-15-30(23-29)35-39-20-18-32(40-35)24-31(37)22-25/h7,9-10,13-17,23,27-28,31-32,34-35,37H,1,5-6,8,11-12,18,20-22,24H2,2-4H3/b13-9-,16-7+,26-17+/t27-,28?,31?,32?,34-,35?/m0/s1. The lowest BCUT2D eigenvalue weighted by atomic mass is 9.86. The molecule has 41 heavy (non-hydrogen) atoms. The Labute approximate surface area is 246 Å². The maximum Gasteiger partial charge on any atom is 0.330 e. The first-order valence-corrected chi connectivity index (χ1v) is 15.1. The summed E-state index contributed by atoms with van der Waals surface area (Å²) in [5.74, 6) is -0.106. The van der Waals surface area contributed by atoms with Crippen molar-refractivity contribution in [2.45, 2.75) is 103 Å². The summed E-state index contributed by atoms with van der Waals surface area (Å²) in [4.78, 5) is 12.8. The van der Waals surface area contributed by atoms with Gasteiger partial charge >= 0.3 is 5.97 Å². The Morgan fingerprint density at radius 1 is 1.24 bits per heavy atom. The van der Waals surface area contributed by atoms with E-state index in [2.05, 4.69) is 50.8 Å². The van der Waals surface area contributed by atoms with Crippen LogP contribution < -0.4 is 0 Å². The van der Waals surface area contributed by atoms with Crippen LogP contribution in [0, 0.1) is 23.2 Å². The number of hydrogen-bond donors (Lipinski definition) is 1. The molecule has 1 aromatic carbocycles. The molecule has 0 amide bonds. The van der Waals surface area contributed by atoms with E-state index in [9.17, 15) is 9.90 Å². The molecule has 6 heteroatoms. The molecule has 3 rings (SSSR count). The topological polar surface area (TPSA) is 88.8 Å². The number of nitriles is 1. The third kappa shape index (κ3) is 11.4. The Morgan fingerprint density at radius 2 is 2.05 bits per heavy atom. The van der Waals surface area contributed by atoms with Crippen LogP contribution in [0.25, 0.3) is 6.08 Å². The maximum absolute atomic E-state index is 12.8. The number of esters is 1. The average Bonchev–Trinajstić information content (AvgIpc) is 2.93. The Kier molecular flexibility index (Phi) is 13.6. The first-order chi connectivity index (χ1) is 19.7. The highest BCUT2D eigenvalue weighted by Crippen LogP contribution is 2.30. The van der Waals surface area contributed by atoms with Crippen LogP contribution in [-0.4, -0.2) is 36.0 Å². The highest BCUT2D eigenvalue weighted by molar-refractivity contribution is 5.82. The van der Waals surface area contributed by atoms with Gasteiger partial charge in [0.25, 0.3) is 0 Å². The number of carbonyl (C=O) groups excluding carboxylic acids is 1. The van der Waals surface area contributed by atoms with Crippen LogP contribution in [0.3, 0.4) is 0 Å². The fraction of sp³-hybridized carbons (Fsp3) is 0.543. The number of nitrogens with zero attached hydrogens (tertiary/aromatic N) is 1. The normalized spacial score (nSPS) is 29.9. The number of hydrogen-bond acceptors (Lipinski definition) is 6. The van der Waals surface area contributed by atoms with Gasteiger partial charge in [-0.15, -0.1) is 0 Å². The smallest absolute Gasteiger partial charge is 0.330 e. The molecule has 222 valence electrons. The second-order valence-corrected chi connectivity index (χ2v) is 11.7. The summed E-state index contributed by atoms with van der Waals surface area (Å²) in [5.41, 5.74) is 4.02. The van der Waals surface area contributed by atoms with Crippen LogP contribution in [0.5, 0.6) is 0 Å². The SMILES string of the molecule is C=C1CCC/C=C/C(=O)O[C@H](C(C)C/C(C)=C/C#N)[C@@H](C)CC/C=C\c2cccc(c2)C2OCCC(CC(O)C1)O2. The molecule has 1 fully saturated rings. The summed E-state index contributed by atoms with van der Waals surface area (Å²) < 4.78 is 18.2. The van der Waals surface area contributed by atoms with Gasteiger partial charge in [-0.1, -0.05) is 68.0 Å². The molecule has 1 saturated heterocycles. The summed E-state index contributed by atoms with van der Waals surface area (Å²) in [6.07, 6.45) is 14.6. The zero-order valence-corrected chi connectivity index (χ0v) is 25.0. The highest BCUT2D eigenvalue weighted by atomic mass is 16.7. The predicted octanol–water partition coefficient (Wildman–Crippen LogP) is 7.77. The minimum absolute atomic E-state index is 0.0673. The molecule has 2 aliphatic rings. The molecular weight excluding hydrogens is 514 g/mol. The van der Waals surface area contributed by atoms with Gasteiger partial charge in [0.15, 0.2) is 6.29 Å². The lowest BCUT2D eigenvalue weighted by Gasteiger charge is -2.32. The number of aliphatic hydroxyl groups is 1. The van der Waals surface area contributed by atoms with E-state index in [4.69, 9.17) is 19.5 Å². The van der Waals surface area contributed by atoms with Crippen molar-refractivity contribution in [3.63, 3.8) is 0 Å². The first-order valence-electron chi connectivity index (χ1n) is 15.1. The van der Waals surface area contributed by atoms with Gasteiger partial charge in [0.2, 0.25) is 0 Å². The number of fused-ring (bicyclic) bond motifs is 5. The van der Waals surface area contributed by atoms with Crippen LogP contribution in [-0.2, 0) is 19.0 Å². The third-order valence-electron chi connectivity index (χ3n) is 7.85. The van der Waals surface area contributed by atoms with Crippen LogP contribution in [0.2, 0.25) is 0 Å². The highest BCUT2D eigenvalue weighted by Gasteiger charge is 2.28. The minimum atomic E-state index is -0.514. The van der Waals surface area contributed by atoms with Crippen molar-refractivity contribution in [2.24, 2.45) is 11.8 Å². The molecule has 0 aliphatic carbocycles. The maximum atomic E-state index is 12.8. The van der Waals surface area contributed by atoms with E-state index < -0.39 is 12.4 Å².